The molecule has 1 saturated heterocycles. The summed E-state index contributed by atoms with van der Waals surface area (Å²) in [5, 5.41) is 21.8. The number of hydrogen-bond donors (Lipinski definition) is 2. The lowest BCUT2D eigenvalue weighted by Crippen LogP contribution is -2.52. The highest BCUT2D eigenvalue weighted by Crippen LogP contribution is 2.22. The average molecular weight is 287 g/mol. The molecule has 0 aromatic heterocycles. The Morgan fingerprint density at radius 3 is 3.00 bits per heavy atom. The number of likely N-dealkylation sites (tertiary alicyclic amines) is 1. The van der Waals surface area contributed by atoms with E-state index in [1.165, 1.54) is 0 Å². The minimum atomic E-state index is -0.729. The van der Waals surface area contributed by atoms with E-state index in [1.807, 2.05) is 17.9 Å². The fourth-order valence-electron chi connectivity index (χ4n) is 2.67. The molecule has 1 fully saturated rings. The van der Waals surface area contributed by atoms with Gasteiger partial charge in [0.15, 0.2) is 0 Å². The second-order valence-corrected chi connectivity index (χ2v) is 5.93. The maximum absolute atomic E-state index is 12.3. The normalized spacial score (nSPS) is 24.1. The minimum Gasteiger partial charge on any atom is -0.389 e. The summed E-state index contributed by atoms with van der Waals surface area (Å²) < 4.78 is 0. The largest absolute Gasteiger partial charge is 0.389 e. The van der Waals surface area contributed by atoms with E-state index in [0.29, 0.717) is 17.8 Å². The van der Waals surface area contributed by atoms with Gasteiger partial charge >= 0.3 is 0 Å². The summed E-state index contributed by atoms with van der Waals surface area (Å²) in [5.41, 5.74) is 0.407. The SMILES string of the molecule is CC(C(=O)Nc1cccc(C#N)c1)N1CCCC(C)(O)C1. The molecule has 1 aromatic carbocycles. The first kappa shape index (κ1) is 15.5. The Balaban J connectivity index is 2.01. The van der Waals surface area contributed by atoms with Crippen LogP contribution in [0.25, 0.3) is 0 Å². The molecule has 1 heterocycles. The number of amides is 1. The van der Waals surface area contributed by atoms with Crippen molar-refractivity contribution in [2.24, 2.45) is 0 Å². The topological polar surface area (TPSA) is 76.4 Å². The third kappa shape index (κ3) is 4.03. The summed E-state index contributed by atoms with van der Waals surface area (Å²) >= 11 is 0. The molecular weight excluding hydrogens is 266 g/mol. The second-order valence-electron chi connectivity index (χ2n) is 5.93. The lowest BCUT2D eigenvalue weighted by Gasteiger charge is -2.39. The Labute approximate surface area is 125 Å². The molecule has 1 aliphatic rings. The summed E-state index contributed by atoms with van der Waals surface area (Å²) in [4.78, 5) is 14.3. The number of piperidine rings is 1. The van der Waals surface area contributed by atoms with E-state index in [9.17, 15) is 9.90 Å². The molecule has 0 aliphatic carbocycles. The number of nitrogens with zero attached hydrogens (tertiary/aromatic N) is 2. The van der Waals surface area contributed by atoms with Crippen LogP contribution in [0.3, 0.4) is 0 Å². The van der Waals surface area contributed by atoms with Gasteiger partial charge in [0.25, 0.3) is 0 Å². The van der Waals surface area contributed by atoms with Crippen LogP contribution >= 0.6 is 0 Å². The van der Waals surface area contributed by atoms with E-state index in [1.54, 1.807) is 31.2 Å². The molecular formula is C16H21N3O2. The molecule has 2 rings (SSSR count). The van der Waals surface area contributed by atoms with Gasteiger partial charge in [-0.3, -0.25) is 9.69 Å². The Kier molecular flexibility index (Phi) is 4.61. The van der Waals surface area contributed by atoms with Gasteiger partial charge in [0.1, 0.15) is 0 Å². The van der Waals surface area contributed by atoms with Gasteiger partial charge < -0.3 is 10.4 Å². The maximum Gasteiger partial charge on any atom is 0.241 e. The van der Waals surface area contributed by atoms with Crippen molar-refractivity contribution in [3.8, 4) is 6.07 Å². The zero-order valence-electron chi connectivity index (χ0n) is 12.5. The Bertz CT molecular complexity index is 563. The van der Waals surface area contributed by atoms with Crippen LogP contribution in [-0.2, 0) is 4.79 Å². The maximum atomic E-state index is 12.3. The number of nitrogens with one attached hydrogen (secondary N) is 1. The number of nitriles is 1. The molecule has 0 bridgehead atoms. The monoisotopic (exact) mass is 287 g/mol. The lowest BCUT2D eigenvalue weighted by atomic mass is 9.94. The fourth-order valence-corrected chi connectivity index (χ4v) is 2.67. The average Bonchev–Trinajstić information content (AvgIpc) is 2.45. The van der Waals surface area contributed by atoms with Crippen molar-refractivity contribution >= 4 is 11.6 Å². The number of carbonyl (C=O) groups is 1. The fraction of sp³-hybridized carbons (Fsp3) is 0.500. The number of hydrogen-bond acceptors (Lipinski definition) is 4. The third-order valence-corrected chi connectivity index (χ3v) is 3.89. The van der Waals surface area contributed by atoms with Crippen LogP contribution in [-0.4, -0.2) is 40.6 Å². The Hall–Kier alpha value is -1.90. The highest BCUT2D eigenvalue weighted by atomic mass is 16.3. The summed E-state index contributed by atoms with van der Waals surface area (Å²) in [6, 6.07) is 8.58. The molecule has 5 nitrogen and oxygen atoms in total. The summed E-state index contributed by atoms with van der Waals surface area (Å²) in [7, 11) is 0. The van der Waals surface area contributed by atoms with E-state index in [-0.39, 0.29) is 11.9 Å². The van der Waals surface area contributed by atoms with E-state index in [0.717, 1.165) is 19.4 Å². The number of rotatable bonds is 3. The standard InChI is InChI=1S/C16H21N3O2/c1-12(19-8-4-7-16(2,21)11-19)15(20)18-14-6-3-5-13(9-14)10-17/h3,5-6,9,12,21H,4,7-8,11H2,1-2H3,(H,18,20). The molecule has 0 saturated carbocycles. The van der Waals surface area contributed by atoms with Crippen LogP contribution in [0.1, 0.15) is 32.3 Å². The molecule has 112 valence electrons. The molecule has 2 atom stereocenters. The first-order valence-corrected chi connectivity index (χ1v) is 7.19. The zero-order chi connectivity index (χ0) is 15.5. The first-order valence-electron chi connectivity index (χ1n) is 7.19. The van der Waals surface area contributed by atoms with Gasteiger partial charge in [-0.15, -0.1) is 0 Å². The zero-order valence-corrected chi connectivity index (χ0v) is 12.5. The highest BCUT2D eigenvalue weighted by molar-refractivity contribution is 5.94. The van der Waals surface area contributed by atoms with Crippen molar-refractivity contribution < 1.29 is 9.90 Å². The molecule has 1 amide bonds. The van der Waals surface area contributed by atoms with Crippen LogP contribution in [0.2, 0.25) is 0 Å². The van der Waals surface area contributed by atoms with E-state index < -0.39 is 5.60 Å². The van der Waals surface area contributed by atoms with Gasteiger partial charge in [-0.1, -0.05) is 6.07 Å². The van der Waals surface area contributed by atoms with E-state index in [2.05, 4.69) is 5.32 Å². The van der Waals surface area contributed by atoms with Gasteiger partial charge in [-0.25, -0.2) is 0 Å². The molecule has 2 N–H and O–H groups in total. The summed E-state index contributed by atoms with van der Waals surface area (Å²) in [6.07, 6.45) is 1.65. The predicted octanol–water partition coefficient (Wildman–Crippen LogP) is 1.73. The molecule has 21 heavy (non-hydrogen) atoms. The van der Waals surface area contributed by atoms with Gasteiger partial charge in [0.05, 0.1) is 23.3 Å². The number of β-amino-alcohol motifs (C(OH)–C–C–N with tert-alkyl or cyclic N) is 1. The van der Waals surface area contributed by atoms with Gasteiger partial charge in [0.2, 0.25) is 5.91 Å². The lowest BCUT2D eigenvalue weighted by molar-refractivity contribution is -0.123. The molecule has 5 heteroatoms. The molecule has 0 spiro atoms. The van der Waals surface area contributed by atoms with E-state index in [4.69, 9.17) is 5.26 Å². The molecule has 2 unspecified atom stereocenters. The number of benzene rings is 1. The second kappa shape index (κ2) is 6.25. The van der Waals surface area contributed by atoms with Crippen molar-refractivity contribution in [3.05, 3.63) is 29.8 Å². The quantitative estimate of drug-likeness (QED) is 0.887. The van der Waals surface area contributed by atoms with Crippen LogP contribution in [0.5, 0.6) is 0 Å². The van der Waals surface area contributed by atoms with Gasteiger partial charge in [-0.2, -0.15) is 5.26 Å². The summed E-state index contributed by atoms with van der Waals surface area (Å²) in [6.45, 7) is 4.95. The van der Waals surface area contributed by atoms with Crippen molar-refractivity contribution in [3.63, 3.8) is 0 Å². The number of carbonyl (C=O) groups excluding carboxylic acids is 1. The van der Waals surface area contributed by atoms with Gasteiger partial charge in [0, 0.05) is 12.2 Å². The Morgan fingerprint density at radius 1 is 1.57 bits per heavy atom. The van der Waals surface area contributed by atoms with Crippen molar-refractivity contribution in [1.82, 2.24) is 4.90 Å². The summed E-state index contributed by atoms with van der Waals surface area (Å²) in [5.74, 6) is -0.122. The van der Waals surface area contributed by atoms with Crippen LogP contribution in [0, 0.1) is 11.3 Å². The predicted molar refractivity (Wildman–Crippen MR) is 80.7 cm³/mol. The number of anilines is 1. The smallest absolute Gasteiger partial charge is 0.241 e. The molecule has 0 radical (unpaired) electrons. The van der Waals surface area contributed by atoms with Crippen molar-refractivity contribution in [2.45, 2.75) is 38.3 Å². The first-order chi connectivity index (χ1) is 9.91. The number of aliphatic hydroxyl groups is 1. The minimum absolute atomic E-state index is 0.122. The van der Waals surface area contributed by atoms with Gasteiger partial charge in [-0.05, 0) is 51.4 Å². The molecule has 1 aliphatic heterocycles. The highest BCUT2D eigenvalue weighted by Gasteiger charge is 2.32. The molecule has 1 aromatic rings. The third-order valence-electron chi connectivity index (χ3n) is 3.89. The van der Waals surface area contributed by atoms with Crippen LogP contribution in [0.4, 0.5) is 5.69 Å². The van der Waals surface area contributed by atoms with E-state index >= 15 is 0 Å². The Morgan fingerprint density at radius 2 is 2.33 bits per heavy atom. The van der Waals surface area contributed by atoms with Crippen LogP contribution in [0.15, 0.2) is 24.3 Å². The van der Waals surface area contributed by atoms with Crippen molar-refractivity contribution in [2.75, 3.05) is 18.4 Å². The van der Waals surface area contributed by atoms with Crippen LogP contribution < -0.4 is 5.32 Å². The van der Waals surface area contributed by atoms with Crippen molar-refractivity contribution in [1.29, 1.82) is 5.26 Å².